The van der Waals surface area contributed by atoms with E-state index in [2.05, 4.69) is 49.7 Å². The van der Waals surface area contributed by atoms with Crippen LogP contribution in [0.15, 0.2) is 61.2 Å². The molecule has 4 atom stereocenters. The average Bonchev–Trinajstić information content (AvgIpc) is 3.26. The minimum Gasteiger partial charge on any atom is -0.490 e. The summed E-state index contributed by atoms with van der Waals surface area (Å²) >= 11 is 0. The quantitative estimate of drug-likeness (QED) is 0.0690. The molecule has 2 aromatic heterocycles. The molecule has 0 fully saturated rings. The first kappa shape index (κ1) is 48.5. The summed E-state index contributed by atoms with van der Waals surface area (Å²) in [5, 5.41) is 9.67. The number of hydrogen-bond donors (Lipinski definition) is 3. The number of nitrogens with zero attached hydrogens (tertiary/aromatic N) is 5. The molecule has 344 valence electrons. The Kier molecular flexibility index (Phi) is 17.5. The number of amides is 1. The molecule has 2 aliphatic rings. The van der Waals surface area contributed by atoms with Crippen molar-refractivity contribution < 1.29 is 45.3 Å². The van der Waals surface area contributed by atoms with Crippen molar-refractivity contribution in [2.45, 2.75) is 135 Å². The molecule has 0 saturated carbocycles. The van der Waals surface area contributed by atoms with E-state index in [1.807, 2.05) is 13.8 Å². The zero-order valence-corrected chi connectivity index (χ0v) is 36.4. The predicted molar refractivity (Wildman–Crippen MR) is 230 cm³/mol. The molecular weight excluding hydrogens is 831 g/mol. The van der Waals surface area contributed by atoms with Gasteiger partial charge < -0.3 is 30.2 Å². The first-order valence-corrected chi connectivity index (χ1v) is 21.8. The highest BCUT2D eigenvalue weighted by Crippen LogP contribution is 2.43. The number of halogens is 6. The lowest BCUT2D eigenvalue weighted by molar-refractivity contribution is -0.138. The number of carbonyl (C=O) groups excluding carboxylic acids is 1. The zero-order valence-electron chi connectivity index (χ0n) is 36.4. The van der Waals surface area contributed by atoms with Crippen molar-refractivity contribution in [2.24, 2.45) is 0 Å². The van der Waals surface area contributed by atoms with E-state index < -0.39 is 35.6 Å². The fraction of sp³-hybridized carbons (Fsp3) is 0.533. The Morgan fingerprint density at radius 1 is 0.698 bits per heavy atom. The monoisotopic (exact) mass is 888 g/mol. The molecule has 3 N–H and O–H groups in total. The van der Waals surface area contributed by atoms with E-state index in [-0.39, 0.29) is 30.7 Å². The number of carbonyl (C=O) groups is 1. The molecule has 0 radical (unpaired) electrons. The molecule has 63 heavy (non-hydrogen) atoms. The predicted octanol–water partition coefficient (Wildman–Crippen LogP) is 12.2. The number of anilines is 4. The number of fused-ring (bicyclic) bond motifs is 2. The highest BCUT2D eigenvalue weighted by molar-refractivity contribution is 5.90. The number of benzene rings is 2. The van der Waals surface area contributed by atoms with E-state index in [4.69, 9.17) is 14.2 Å². The highest BCUT2D eigenvalue weighted by atomic mass is 19.4. The molecule has 6 rings (SSSR count). The summed E-state index contributed by atoms with van der Waals surface area (Å²) in [6.45, 7) is 11.3. The Morgan fingerprint density at radius 3 is 1.68 bits per heavy atom. The lowest BCUT2D eigenvalue weighted by Gasteiger charge is -2.40. The highest BCUT2D eigenvalue weighted by Gasteiger charge is 2.39. The van der Waals surface area contributed by atoms with Gasteiger partial charge in [0, 0.05) is 17.8 Å². The van der Waals surface area contributed by atoms with Crippen LogP contribution in [0.2, 0.25) is 0 Å². The van der Waals surface area contributed by atoms with Gasteiger partial charge in [0.2, 0.25) is 11.9 Å². The van der Waals surface area contributed by atoms with Gasteiger partial charge in [0.25, 0.3) is 0 Å². The normalized spacial score (nSPS) is 18.2. The molecule has 0 aliphatic carbocycles. The Morgan fingerprint density at radius 2 is 1.21 bits per heavy atom. The van der Waals surface area contributed by atoms with E-state index in [1.165, 1.54) is 23.1 Å². The number of alkyl halides is 6. The number of nitrogens with one attached hydrogen (secondary N) is 3. The van der Waals surface area contributed by atoms with Crippen molar-refractivity contribution >= 4 is 29.4 Å². The van der Waals surface area contributed by atoms with Gasteiger partial charge in [-0.25, -0.2) is 24.7 Å². The maximum atomic E-state index is 13.5. The molecule has 0 bridgehead atoms. The molecule has 1 amide bonds. The molecule has 0 unspecified atom stereocenters. The summed E-state index contributed by atoms with van der Waals surface area (Å²) in [7, 11) is 0. The first-order chi connectivity index (χ1) is 30.2. The van der Waals surface area contributed by atoms with E-state index in [0.717, 1.165) is 63.1 Å². The van der Waals surface area contributed by atoms with Crippen LogP contribution in [0.3, 0.4) is 0 Å². The van der Waals surface area contributed by atoms with Crippen LogP contribution >= 0.6 is 0 Å². The van der Waals surface area contributed by atoms with Crippen molar-refractivity contribution in [1.82, 2.24) is 19.9 Å². The van der Waals surface area contributed by atoms with Crippen LogP contribution in [0.1, 0.15) is 133 Å². The summed E-state index contributed by atoms with van der Waals surface area (Å²) in [5.74, 6) is 1.76. The van der Waals surface area contributed by atoms with Crippen molar-refractivity contribution in [3.63, 3.8) is 0 Å². The molecule has 0 spiro atoms. The zero-order chi connectivity index (χ0) is 45.6. The maximum Gasteiger partial charge on any atom is 0.416 e. The minimum atomic E-state index is -4.51. The van der Waals surface area contributed by atoms with Crippen molar-refractivity contribution in [1.29, 1.82) is 0 Å². The van der Waals surface area contributed by atoms with E-state index >= 15 is 0 Å². The third-order valence-corrected chi connectivity index (χ3v) is 10.8. The number of rotatable bonds is 17. The molecule has 18 heteroatoms. The van der Waals surface area contributed by atoms with Crippen molar-refractivity contribution in [3.8, 4) is 11.5 Å². The van der Waals surface area contributed by atoms with Gasteiger partial charge in [-0.05, 0) is 93.0 Å². The molecule has 12 nitrogen and oxygen atoms in total. The second kappa shape index (κ2) is 22.7. The van der Waals surface area contributed by atoms with Crippen LogP contribution in [0.4, 0.5) is 54.4 Å². The van der Waals surface area contributed by atoms with E-state index in [1.54, 1.807) is 31.7 Å². The number of hydrogen-bond acceptors (Lipinski definition) is 11. The molecule has 2 aliphatic heterocycles. The Labute approximate surface area is 365 Å². The molecular formula is C45H58F6N8O4. The fourth-order valence-corrected chi connectivity index (χ4v) is 7.44. The second-order valence-electron chi connectivity index (χ2n) is 15.4. The summed E-state index contributed by atoms with van der Waals surface area (Å²) in [6.07, 6.45) is 5.58. The van der Waals surface area contributed by atoms with Gasteiger partial charge in [-0.1, -0.05) is 53.4 Å². The molecule has 2 aromatic carbocycles. The molecule has 4 heterocycles. The van der Waals surface area contributed by atoms with Crippen LogP contribution in [-0.2, 0) is 17.1 Å². The molecule has 4 aromatic rings. The third kappa shape index (κ3) is 13.5. The summed E-state index contributed by atoms with van der Waals surface area (Å²) < 4.78 is 96.3. The van der Waals surface area contributed by atoms with Crippen molar-refractivity contribution in [2.75, 3.05) is 40.7 Å². The van der Waals surface area contributed by atoms with Gasteiger partial charge in [-0.2, -0.15) is 26.3 Å². The number of ether oxygens (including phenoxy) is 3. The number of aromatic nitrogens is 4. The largest absolute Gasteiger partial charge is 0.490 e. The van der Waals surface area contributed by atoms with Gasteiger partial charge in [0.05, 0.1) is 73.5 Å². The van der Waals surface area contributed by atoms with Crippen LogP contribution in [0, 0.1) is 0 Å². The van der Waals surface area contributed by atoms with Gasteiger partial charge >= 0.3 is 18.4 Å². The van der Waals surface area contributed by atoms with Crippen LogP contribution in [-0.4, -0.2) is 57.9 Å². The minimum absolute atomic E-state index is 0.165. The average molecular weight is 889 g/mol. The summed E-state index contributed by atoms with van der Waals surface area (Å²) in [5.41, 5.74) is 0.580. The fourth-order valence-electron chi connectivity index (χ4n) is 7.44. The number of unbranched alkanes of at least 4 members (excludes halogenated alkanes) is 4. The maximum absolute atomic E-state index is 13.5. The van der Waals surface area contributed by atoms with E-state index in [0.29, 0.717) is 72.4 Å². The second-order valence-corrected chi connectivity index (χ2v) is 15.4. The lowest BCUT2D eigenvalue weighted by Crippen LogP contribution is -2.46. The van der Waals surface area contributed by atoms with Crippen LogP contribution in [0.5, 0.6) is 11.5 Å². The Bertz CT molecular complexity index is 2040. The van der Waals surface area contributed by atoms with Gasteiger partial charge in [0.1, 0.15) is 0 Å². The Balaban J connectivity index is 0.000000240. The SMILES string of the molecule is CCCCCOc1cnc(N[C@H]2C[C@@H](CC)N(C(=O)OCC)c3ccc(C(F)(F)F)cc32)nc1.CCCCCOc1cnc(N[C@H]2C[C@@H](CC)Nc3ccc(C(F)(F)F)cc32)nc1. The topological polar surface area (TPSA) is 136 Å². The van der Waals surface area contributed by atoms with Crippen molar-refractivity contribution in [3.05, 3.63) is 83.4 Å². The smallest absolute Gasteiger partial charge is 0.416 e. The standard InChI is InChI=1S/C24H31F3N4O3.C21H27F3N4O/c1-4-7-8-11-34-18-14-28-22(29-15-18)30-20-13-17(5-2)31(23(32)33-6-3)21-10-9-16(12-19(20)21)24(25,26)27;1-3-5-6-9-29-16-12-25-20(26-13-16)28-19-11-15(4-2)27-18-8-7-14(10-17(18)19)21(22,23)24/h9-10,12,14-15,17,20H,4-8,11,13H2,1-3H3,(H,28,29,30);7-8,10,12-13,15,19,27H,3-6,9,11H2,1-2H3,(H,25,26,28)/t17-,20+;15-,19+/m11/s1. The lowest BCUT2D eigenvalue weighted by atomic mass is 9.89. The third-order valence-electron chi connectivity index (χ3n) is 10.8. The summed E-state index contributed by atoms with van der Waals surface area (Å²) in [4.78, 5) is 31.2. The first-order valence-electron chi connectivity index (χ1n) is 21.8. The molecule has 0 saturated heterocycles. The van der Waals surface area contributed by atoms with Crippen LogP contribution in [0.25, 0.3) is 0 Å². The Hall–Kier alpha value is -5.55. The van der Waals surface area contributed by atoms with Gasteiger partial charge in [-0.3, -0.25) is 4.90 Å². The van der Waals surface area contributed by atoms with E-state index in [9.17, 15) is 31.1 Å². The van der Waals surface area contributed by atoms with Gasteiger partial charge in [0.15, 0.2) is 11.5 Å². The summed E-state index contributed by atoms with van der Waals surface area (Å²) in [6, 6.07) is 6.29. The van der Waals surface area contributed by atoms with Crippen LogP contribution < -0.4 is 30.3 Å². The van der Waals surface area contributed by atoms with Gasteiger partial charge in [-0.15, -0.1) is 0 Å².